The Morgan fingerprint density at radius 1 is 1.50 bits per heavy atom. The molecule has 0 fully saturated rings. The fraction of sp³-hybridized carbons (Fsp3) is 0.727. The summed E-state index contributed by atoms with van der Waals surface area (Å²) in [5.74, 6) is 0. The molecule has 1 aromatic rings. The van der Waals surface area contributed by atoms with Crippen LogP contribution in [-0.2, 0) is 6.54 Å². The Balaban J connectivity index is 0.00000225. The van der Waals surface area contributed by atoms with Gasteiger partial charge in [-0.1, -0.05) is 13.8 Å². The molecule has 16 heavy (non-hydrogen) atoms. The van der Waals surface area contributed by atoms with Gasteiger partial charge in [0, 0.05) is 24.2 Å². The number of thiazole rings is 1. The molecule has 1 heterocycles. The first-order valence-electron chi connectivity index (χ1n) is 5.23. The minimum absolute atomic E-state index is 0. The molecule has 5 heteroatoms. The SMILES string of the molecule is Cc1ncc(CN(C)CC(C)(C)CN)s1.Cl. The van der Waals surface area contributed by atoms with Crippen molar-refractivity contribution in [2.24, 2.45) is 11.1 Å². The molecule has 0 amide bonds. The van der Waals surface area contributed by atoms with Gasteiger partial charge in [-0.15, -0.1) is 23.7 Å². The first-order chi connectivity index (χ1) is 6.93. The van der Waals surface area contributed by atoms with Crippen LogP contribution in [0.1, 0.15) is 23.7 Å². The fourth-order valence-electron chi connectivity index (χ4n) is 1.60. The van der Waals surface area contributed by atoms with Gasteiger partial charge in [-0.2, -0.15) is 0 Å². The van der Waals surface area contributed by atoms with E-state index in [1.54, 1.807) is 11.3 Å². The van der Waals surface area contributed by atoms with Gasteiger partial charge in [-0.3, -0.25) is 0 Å². The lowest BCUT2D eigenvalue weighted by molar-refractivity contribution is 0.211. The quantitative estimate of drug-likeness (QED) is 0.886. The molecule has 0 aliphatic heterocycles. The van der Waals surface area contributed by atoms with Crippen molar-refractivity contribution >= 4 is 23.7 Å². The van der Waals surface area contributed by atoms with Gasteiger partial charge in [-0.25, -0.2) is 4.98 Å². The monoisotopic (exact) mass is 263 g/mol. The van der Waals surface area contributed by atoms with Crippen LogP contribution in [0.3, 0.4) is 0 Å². The summed E-state index contributed by atoms with van der Waals surface area (Å²) in [6, 6.07) is 0. The van der Waals surface area contributed by atoms with Gasteiger partial charge in [0.15, 0.2) is 0 Å². The van der Waals surface area contributed by atoms with Crippen molar-refractivity contribution in [3.05, 3.63) is 16.1 Å². The summed E-state index contributed by atoms with van der Waals surface area (Å²) in [6.45, 7) is 9.13. The molecular weight excluding hydrogens is 242 g/mol. The van der Waals surface area contributed by atoms with E-state index in [1.165, 1.54) is 4.88 Å². The molecule has 94 valence electrons. The maximum absolute atomic E-state index is 5.72. The third kappa shape index (κ3) is 5.25. The third-order valence-electron chi connectivity index (χ3n) is 2.35. The maximum atomic E-state index is 5.72. The topological polar surface area (TPSA) is 42.2 Å². The Morgan fingerprint density at radius 3 is 2.56 bits per heavy atom. The lowest BCUT2D eigenvalue weighted by atomic mass is 9.93. The highest BCUT2D eigenvalue weighted by Crippen LogP contribution is 2.18. The van der Waals surface area contributed by atoms with E-state index in [0.29, 0.717) is 0 Å². The fourth-order valence-corrected chi connectivity index (χ4v) is 2.47. The van der Waals surface area contributed by atoms with E-state index in [-0.39, 0.29) is 17.8 Å². The molecule has 2 N–H and O–H groups in total. The highest BCUT2D eigenvalue weighted by atomic mass is 35.5. The molecule has 0 unspecified atom stereocenters. The molecule has 0 saturated carbocycles. The zero-order valence-electron chi connectivity index (χ0n) is 10.5. The molecule has 0 aromatic carbocycles. The highest BCUT2D eigenvalue weighted by molar-refractivity contribution is 7.11. The standard InChI is InChI=1S/C11H21N3S.ClH/c1-9-13-5-10(15-9)6-14(4)8-11(2,3)7-12;/h5H,6-8,12H2,1-4H3;1H. The number of aryl methyl sites for hydroxylation is 1. The number of nitrogens with zero attached hydrogens (tertiary/aromatic N) is 2. The minimum atomic E-state index is 0. The Hall–Kier alpha value is -0.160. The van der Waals surface area contributed by atoms with Crippen LogP contribution in [0.5, 0.6) is 0 Å². The van der Waals surface area contributed by atoms with E-state index in [4.69, 9.17) is 5.73 Å². The van der Waals surface area contributed by atoms with Crippen LogP contribution in [0, 0.1) is 12.3 Å². The van der Waals surface area contributed by atoms with Gasteiger partial charge in [0.05, 0.1) is 5.01 Å². The zero-order valence-corrected chi connectivity index (χ0v) is 12.1. The second kappa shape index (κ2) is 6.55. The van der Waals surface area contributed by atoms with E-state index in [0.717, 1.165) is 24.6 Å². The average molecular weight is 264 g/mol. The van der Waals surface area contributed by atoms with E-state index < -0.39 is 0 Å². The second-order valence-corrected chi connectivity index (χ2v) is 6.21. The summed E-state index contributed by atoms with van der Waals surface area (Å²) >= 11 is 1.77. The van der Waals surface area contributed by atoms with E-state index in [2.05, 4.69) is 30.8 Å². The summed E-state index contributed by atoms with van der Waals surface area (Å²) in [6.07, 6.45) is 1.96. The van der Waals surface area contributed by atoms with Gasteiger partial charge in [-0.05, 0) is 25.9 Å². The summed E-state index contributed by atoms with van der Waals surface area (Å²) < 4.78 is 0. The van der Waals surface area contributed by atoms with E-state index in [1.807, 2.05) is 13.1 Å². The molecule has 0 radical (unpaired) electrons. The zero-order chi connectivity index (χ0) is 11.5. The van der Waals surface area contributed by atoms with E-state index >= 15 is 0 Å². The predicted molar refractivity (Wildman–Crippen MR) is 73.3 cm³/mol. The summed E-state index contributed by atoms with van der Waals surface area (Å²) in [5, 5.41) is 1.14. The molecule has 0 atom stereocenters. The van der Waals surface area contributed by atoms with Crippen molar-refractivity contribution in [2.45, 2.75) is 27.3 Å². The number of aromatic nitrogens is 1. The lowest BCUT2D eigenvalue weighted by Gasteiger charge is -2.28. The maximum Gasteiger partial charge on any atom is 0.0897 e. The summed E-state index contributed by atoms with van der Waals surface area (Å²) in [7, 11) is 2.13. The molecule has 0 saturated heterocycles. The highest BCUT2D eigenvalue weighted by Gasteiger charge is 2.18. The Labute approximate surface area is 108 Å². The number of hydrogen-bond acceptors (Lipinski definition) is 4. The van der Waals surface area contributed by atoms with Gasteiger partial charge in [0.25, 0.3) is 0 Å². The van der Waals surface area contributed by atoms with Gasteiger partial charge in [0.1, 0.15) is 0 Å². The number of nitrogens with two attached hydrogens (primary N) is 1. The van der Waals surface area contributed by atoms with Crippen molar-refractivity contribution in [2.75, 3.05) is 20.1 Å². The first-order valence-corrected chi connectivity index (χ1v) is 6.04. The first kappa shape index (κ1) is 15.8. The third-order valence-corrected chi connectivity index (χ3v) is 3.24. The van der Waals surface area contributed by atoms with Crippen LogP contribution in [0.4, 0.5) is 0 Å². The molecule has 0 spiro atoms. The molecule has 1 aromatic heterocycles. The number of hydrogen-bond donors (Lipinski definition) is 1. The predicted octanol–water partition coefficient (Wildman–Crippen LogP) is 2.29. The largest absolute Gasteiger partial charge is 0.330 e. The van der Waals surface area contributed by atoms with Crippen LogP contribution < -0.4 is 5.73 Å². The summed E-state index contributed by atoms with van der Waals surface area (Å²) in [4.78, 5) is 7.88. The lowest BCUT2D eigenvalue weighted by Crippen LogP contribution is -2.36. The van der Waals surface area contributed by atoms with Crippen molar-refractivity contribution in [3.63, 3.8) is 0 Å². The van der Waals surface area contributed by atoms with Gasteiger partial charge >= 0.3 is 0 Å². The Kier molecular flexibility index (Phi) is 6.48. The van der Waals surface area contributed by atoms with Crippen LogP contribution in [0.15, 0.2) is 6.20 Å². The average Bonchev–Trinajstić information content (AvgIpc) is 2.50. The van der Waals surface area contributed by atoms with Crippen LogP contribution in [-0.4, -0.2) is 30.0 Å². The number of rotatable bonds is 5. The van der Waals surface area contributed by atoms with Crippen LogP contribution >= 0.6 is 23.7 Å². The molecule has 0 aliphatic rings. The minimum Gasteiger partial charge on any atom is -0.330 e. The number of halogens is 1. The van der Waals surface area contributed by atoms with Gasteiger partial charge in [0.2, 0.25) is 0 Å². The molecule has 1 rings (SSSR count). The second-order valence-electron chi connectivity index (χ2n) is 4.89. The van der Waals surface area contributed by atoms with Crippen LogP contribution in [0.2, 0.25) is 0 Å². The van der Waals surface area contributed by atoms with Crippen LogP contribution in [0.25, 0.3) is 0 Å². The van der Waals surface area contributed by atoms with E-state index in [9.17, 15) is 0 Å². The smallest absolute Gasteiger partial charge is 0.0897 e. The molecule has 3 nitrogen and oxygen atoms in total. The molecular formula is C11H22ClN3S. The van der Waals surface area contributed by atoms with Gasteiger partial charge < -0.3 is 10.6 Å². The summed E-state index contributed by atoms with van der Waals surface area (Å²) in [5.41, 5.74) is 5.90. The molecule has 0 bridgehead atoms. The van der Waals surface area contributed by atoms with Crippen molar-refractivity contribution in [3.8, 4) is 0 Å². The van der Waals surface area contributed by atoms with Crippen molar-refractivity contribution in [1.82, 2.24) is 9.88 Å². The Morgan fingerprint density at radius 2 is 2.12 bits per heavy atom. The van der Waals surface area contributed by atoms with Crippen molar-refractivity contribution < 1.29 is 0 Å². The molecule has 0 aliphatic carbocycles. The Bertz CT molecular complexity index is 312. The van der Waals surface area contributed by atoms with Crippen molar-refractivity contribution in [1.29, 1.82) is 0 Å². The normalized spacial score (nSPS) is 11.6.